The van der Waals surface area contributed by atoms with E-state index >= 15 is 0 Å². The van der Waals surface area contributed by atoms with E-state index in [2.05, 4.69) is 33.0 Å². The maximum Gasteiger partial charge on any atom is 0.123 e. The molecule has 0 atom stereocenters. The Kier molecular flexibility index (Phi) is 5.32. The molecule has 0 amide bonds. The monoisotopic (exact) mass is 250 g/mol. The molecule has 0 fully saturated rings. The van der Waals surface area contributed by atoms with Gasteiger partial charge in [-0.1, -0.05) is 27.7 Å². The van der Waals surface area contributed by atoms with Crippen LogP contribution in [-0.2, 0) is 0 Å². The maximum atomic E-state index is 5.87. The van der Waals surface area contributed by atoms with Crippen LogP contribution < -0.4 is 15.8 Å². The van der Waals surface area contributed by atoms with Crippen LogP contribution in [0.25, 0.3) is 0 Å². The van der Waals surface area contributed by atoms with Crippen molar-refractivity contribution in [1.82, 2.24) is 0 Å². The lowest BCUT2D eigenvalue weighted by molar-refractivity contribution is 0.318. The Morgan fingerprint density at radius 2 is 1.94 bits per heavy atom. The van der Waals surface area contributed by atoms with E-state index in [1.54, 1.807) is 0 Å². The zero-order chi connectivity index (χ0) is 13.6. The molecule has 0 saturated heterocycles. The van der Waals surface area contributed by atoms with Crippen LogP contribution in [-0.4, -0.2) is 13.2 Å². The van der Waals surface area contributed by atoms with Gasteiger partial charge in [0.05, 0.1) is 6.61 Å². The Labute approximate surface area is 111 Å². The summed E-state index contributed by atoms with van der Waals surface area (Å²) >= 11 is 0. The van der Waals surface area contributed by atoms with Gasteiger partial charge in [0, 0.05) is 30.1 Å². The van der Waals surface area contributed by atoms with Crippen LogP contribution in [0.5, 0.6) is 5.75 Å². The van der Waals surface area contributed by atoms with E-state index < -0.39 is 0 Å². The second-order valence-corrected chi connectivity index (χ2v) is 5.88. The highest BCUT2D eigenvalue weighted by Crippen LogP contribution is 2.24. The van der Waals surface area contributed by atoms with Crippen molar-refractivity contribution in [1.29, 1.82) is 0 Å². The fourth-order valence-corrected chi connectivity index (χ4v) is 1.61. The quantitative estimate of drug-likeness (QED) is 0.753. The lowest BCUT2D eigenvalue weighted by atomic mass is 9.92. The molecule has 0 aliphatic carbocycles. The smallest absolute Gasteiger partial charge is 0.123 e. The first-order chi connectivity index (χ1) is 8.40. The summed E-state index contributed by atoms with van der Waals surface area (Å²) in [5.74, 6) is 0.843. The maximum absolute atomic E-state index is 5.87. The predicted molar refractivity (Wildman–Crippen MR) is 79.2 cm³/mol. The van der Waals surface area contributed by atoms with Crippen molar-refractivity contribution in [2.24, 2.45) is 5.41 Å². The van der Waals surface area contributed by atoms with E-state index in [9.17, 15) is 0 Å². The van der Waals surface area contributed by atoms with Gasteiger partial charge in [-0.05, 0) is 24.3 Å². The van der Waals surface area contributed by atoms with Gasteiger partial charge in [0.2, 0.25) is 0 Å². The summed E-state index contributed by atoms with van der Waals surface area (Å²) in [6, 6.07) is 5.82. The molecule has 0 aliphatic rings. The van der Waals surface area contributed by atoms with Crippen LogP contribution in [0.15, 0.2) is 18.2 Å². The summed E-state index contributed by atoms with van der Waals surface area (Å²) in [7, 11) is 0. The molecule has 0 heterocycles. The zero-order valence-electron chi connectivity index (χ0n) is 12.0. The minimum Gasteiger partial charge on any atom is -0.493 e. The first-order valence-corrected chi connectivity index (χ1v) is 6.68. The molecule has 0 aromatic heterocycles. The van der Waals surface area contributed by atoms with E-state index in [-0.39, 0.29) is 0 Å². The van der Waals surface area contributed by atoms with E-state index in [4.69, 9.17) is 10.5 Å². The van der Waals surface area contributed by atoms with Crippen molar-refractivity contribution in [2.45, 2.75) is 40.5 Å². The minimum atomic E-state index is 0.342. The van der Waals surface area contributed by atoms with E-state index in [0.29, 0.717) is 5.41 Å². The Hall–Kier alpha value is -1.38. The van der Waals surface area contributed by atoms with Gasteiger partial charge in [-0.15, -0.1) is 0 Å². The molecule has 3 heteroatoms. The third-order valence-electron chi connectivity index (χ3n) is 2.61. The van der Waals surface area contributed by atoms with Gasteiger partial charge in [-0.3, -0.25) is 0 Å². The molecular formula is C15H26N2O. The number of nitrogen functional groups attached to an aromatic ring is 1. The molecule has 3 N–H and O–H groups in total. The molecule has 3 nitrogen and oxygen atoms in total. The Bertz CT molecular complexity index is 369. The highest BCUT2D eigenvalue weighted by molar-refractivity contribution is 5.59. The first-order valence-electron chi connectivity index (χ1n) is 6.68. The van der Waals surface area contributed by atoms with Crippen molar-refractivity contribution < 1.29 is 4.74 Å². The van der Waals surface area contributed by atoms with Gasteiger partial charge >= 0.3 is 0 Å². The number of hydrogen-bond acceptors (Lipinski definition) is 3. The molecule has 0 aliphatic heterocycles. The SMILES string of the molecule is CCCOc1cc(N)cc(NCCC(C)(C)C)c1. The fourth-order valence-electron chi connectivity index (χ4n) is 1.61. The van der Waals surface area contributed by atoms with Crippen molar-refractivity contribution in [3.63, 3.8) is 0 Å². The van der Waals surface area contributed by atoms with Crippen LogP contribution in [0.1, 0.15) is 40.5 Å². The van der Waals surface area contributed by atoms with E-state index in [1.807, 2.05) is 18.2 Å². The summed E-state index contributed by atoms with van der Waals surface area (Å²) in [4.78, 5) is 0. The number of benzene rings is 1. The molecule has 0 radical (unpaired) electrons. The lowest BCUT2D eigenvalue weighted by Crippen LogP contribution is -2.13. The molecule has 102 valence electrons. The topological polar surface area (TPSA) is 47.3 Å². The van der Waals surface area contributed by atoms with E-state index in [0.717, 1.165) is 43.1 Å². The van der Waals surface area contributed by atoms with Gasteiger partial charge in [0.1, 0.15) is 5.75 Å². The highest BCUT2D eigenvalue weighted by atomic mass is 16.5. The molecule has 0 spiro atoms. The summed E-state index contributed by atoms with van der Waals surface area (Å²) in [5, 5.41) is 3.40. The predicted octanol–water partition coefficient (Wildman–Crippen LogP) is 3.91. The summed E-state index contributed by atoms with van der Waals surface area (Å²) < 4.78 is 5.60. The standard InChI is InChI=1S/C15H26N2O/c1-5-8-18-14-10-12(16)9-13(11-14)17-7-6-15(2,3)4/h9-11,17H,5-8,16H2,1-4H3. The average Bonchev–Trinajstić information content (AvgIpc) is 2.24. The number of hydrogen-bond donors (Lipinski definition) is 2. The average molecular weight is 250 g/mol. The normalized spacial score (nSPS) is 11.3. The van der Waals surface area contributed by atoms with Gasteiger partial charge < -0.3 is 15.8 Å². The molecular weight excluding hydrogens is 224 g/mol. The largest absolute Gasteiger partial charge is 0.493 e. The fraction of sp³-hybridized carbons (Fsp3) is 0.600. The summed E-state index contributed by atoms with van der Waals surface area (Å²) in [6.07, 6.45) is 2.12. The number of rotatable bonds is 6. The number of nitrogens with two attached hydrogens (primary N) is 1. The van der Waals surface area contributed by atoms with Gasteiger partial charge in [-0.25, -0.2) is 0 Å². The van der Waals surface area contributed by atoms with Crippen LogP contribution >= 0.6 is 0 Å². The van der Waals surface area contributed by atoms with Crippen molar-refractivity contribution in [3.05, 3.63) is 18.2 Å². The molecule has 18 heavy (non-hydrogen) atoms. The van der Waals surface area contributed by atoms with Gasteiger partial charge in [0.15, 0.2) is 0 Å². The Balaban J connectivity index is 2.57. The third-order valence-corrected chi connectivity index (χ3v) is 2.61. The second kappa shape index (κ2) is 6.53. The molecule has 1 aromatic carbocycles. The Morgan fingerprint density at radius 3 is 2.56 bits per heavy atom. The van der Waals surface area contributed by atoms with Crippen molar-refractivity contribution >= 4 is 11.4 Å². The molecule has 1 aromatic rings. The minimum absolute atomic E-state index is 0.342. The molecule has 0 saturated carbocycles. The number of anilines is 2. The van der Waals surface area contributed by atoms with Gasteiger partial charge in [0.25, 0.3) is 0 Å². The van der Waals surface area contributed by atoms with Crippen LogP contribution in [0.3, 0.4) is 0 Å². The second-order valence-electron chi connectivity index (χ2n) is 5.88. The van der Waals surface area contributed by atoms with E-state index in [1.165, 1.54) is 0 Å². The molecule has 1 rings (SSSR count). The number of ether oxygens (including phenoxy) is 1. The van der Waals surface area contributed by atoms with Crippen LogP contribution in [0.2, 0.25) is 0 Å². The van der Waals surface area contributed by atoms with Crippen molar-refractivity contribution in [2.75, 3.05) is 24.2 Å². The van der Waals surface area contributed by atoms with Crippen molar-refractivity contribution in [3.8, 4) is 5.75 Å². The third kappa shape index (κ3) is 5.80. The number of nitrogens with one attached hydrogen (secondary N) is 1. The zero-order valence-corrected chi connectivity index (χ0v) is 12.0. The van der Waals surface area contributed by atoms with Crippen LogP contribution in [0, 0.1) is 5.41 Å². The highest BCUT2D eigenvalue weighted by Gasteiger charge is 2.09. The summed E-state index contributed by atoms with van der Waals surface area (Å²) in [5.41, 5.74) is 7.98. The van der Waals surface area contributed by atoms with Crippen LogP contribution in [0.4, 0.5) is 11.4 Å². The molecule has 0 bridgehead atoms. The lowest BCUT2D eigenvalue weighted by Gasteiger charge is -2.19. The summed E-state index contributed by atoms with van der Waals surface area (Å²) in [6.45, 7) is 10.5. The molecule has 0 unspecified atom stereocenters. The van der Waals surface area contributed by atoms with Gasteiger partial charge in [-0.2, -0.15) is 0 Å². The Morgan fingerprint density at radius 1 is 1.22 bits per heavy atom. The first kappa shape index (κ1) is 14.7.